The molecule has 1 N–H and O–H groups in total. The molecule has 0 fully saturated rings. The molecule has 0 unspecified atom stereocenters. The minimum absolute atomic E-state index is 0.236. The minimum atomic E-state index is -0.726. The Bertz CT molecular complexity index is 556. The molecule has 0 aliphatic rings. The standard InChI is InChI=1S/C17H18O2/c1-13-4-2-6-16(12-13)15-10-8-14(9-11-15)5-3-7-17(18)19/h2,4,6,8-12H,3,5,7H2,1H3,(H,18,19). The SMILES string of the molecule is Cc1cccc(-c2ccc(CCCC(=O)O)cc2)c1. The summed E-state index contributed by atoms with van der Waals surface area (Å²) in [5.41, 5.74) is 4.86. The molecule has 0 saturated heterocycles. The molecule has 0 aromatic heterocycles. The molecule has 0 atom stereocenters. The van der Waals surface area contributed by atoms with Gasteiger partial charge < -0.3 is 5.11 Å². The minimum Gasteiger partial charge on any atom is -0.481 e. The van der Waals surface area contributed by atoms with Crippen molar-refractivity contribution in [2.45, 2.75) is 26.2 Å². The molecular weight excluding hydrogens is 236 g/mol. The van der Waals surface area contributed by atoms with Crippen molar-refractivity contribution in [3.63, 3.8) is 0 Å². The summed E-state index contributed by atoms with van der Waals surface area (Å²) < 4.78 is 0. The zero-order valence-electron chi connectivity index (χ0n) is 11.1. The van der Waals surface area contributed by atoms with Crippen LogP contribution >= 0.6 is 0 Å². The highest BCUT2D eigenvalue weighted by Crippen LogP contribution is 2.21. The fourth-order valence-electron chi connectivity index (χ4n) is 2.13. The molecule has 0 bridgehead atoms. The summed E-state index contributed by atoms with van der Waals surface area (Å²) in [5, 5.41) is 8.61. The topological polar surface area (TPSA) is 37.3 Å². The summed E-state index contributed by atoms with van der Waals surface area (Å²) in [4.78, 5) is 10.5. The molecule has 0 heterocycles. The molecule has 0 spiro atoms. The highest BCUT2D eigenvalue weighted by molar-refractivity contribution is 5.66. The van der Waals surface area contributed by atoms with E-state index in [9.17, 15) is 4.79 Å². The lowest BCUT2D eigenvalue weighted by molar-refractivity contribution is -0.137. The van der Waals surface area contributed by atoms with Gasteiger partial charge in [-0.15, -0.1) is 0 Å². The van der Waals surface area contributed by atoms with E-state index in [-0.39, 0.29) is 6.42 Å². The number of carboxylic acid groups (broad SMARTS) is 1. The van der Waals surface area contributed by atoms with Crippen LogP contribution in [-0.4, -0.2) is 11.1 Å². The highest BCUT2D eigenvalue weighted by Gasteiger charge is 2.00. The molecule has 0 amide bonds. The normalized spacial score (nSPS) is 10.4. The van der Waals surface area contributed by atoms with E-state index < -0.39 is 5.97 Å². The maximum absolute atomic E-state index is 10.5. The van der Waals surface area contributed by atoms with E-state index in [1.165, 1.54) is 22.3 Å². The Morgan fingerprint density at radius 2 is 1.79 bits per heavy atom. The predicted molar refractivity (Wildman–Crippen MR) is 77.2 cm³/mol. The van der Waals surface area contributed by atoms with Gasteiger partial charge in [0.2, 0.25) is 0 Å². The fourth-order valence-corrected chi connectivity index (χ4v) is 2.13. The van der Waals surface area contributed by atoms with E-state index in [0.717, 1.165) is 6.42 Å². The molecule has 0 saturated carbocycles. The molecule has 19 heavy (non-hydrogen) atoms. The summed E-state index contributed by atoms with van der Waals surface area (Å²) in [6, 6.07) is 16.8. The zero-order valence-corrected chi connectivity index (χ0v) is 11.1. The number of rotatable bonds is 5. The number of aryl methyl sites for hydroxylation is 2. The summed E-state index contributed by atoms with van der Waals surface area (Å²) in [7, 11) is 0. The molecule has 0 aliphatic carbocycles. The lowest BCUT2D eigenvalue weighted by Crippen LogP contribution is -1.95. The molecule has 0 radical (unpaired) electrons. The molecule has 98 valence electrons. The van der Waals surface area contributed by atoms with Gasteiger partial charge in [-0.1, -0.05) is 54.1 Å². The molecule has 2 aromatic carbocycles. The third-order valence-electron chi connectivity index (χ3n) is 3.16. The predicted octanol–water partition coefficient (Wildman–Crippen LogP) is 4.07. The Kier molecular flexibility index (Phi) is 4.35. The van der Waals surface area contributed by atoms with Crippen molar-refractivity contribution in [2.24, 2.45) is 0 Å². The second-order valence-electron chi connectivity index (χ2n) is 4.81. The van der Waals surface area contributed by atoms with E-state index >= 15 is 0 Å². The number of carbonyl (C=O) groups is 1. The number of carboxylic acids is 1. The van der Waals surface area contributed by atoms with E-state index in [0.29, 0.717) is 6.42 Å². The van der Waals surface area contributed by atoms with Crippen LogP contribution < -0.4 is 0 Å². The van der Waals surface area contributed by atoms with E-state index in [2.05, 4.69) is 55.5 Å². The number of hydrogen-bond acceptors (Lipinski definition) is 1. The first kappa shape index (κ1) is 13.3. The maximum Gasteiger partial charge on any atom is 0.303 e. The Hall–Kier alpha value is -2.09. The second kappa shape index (κ2) is 6.19. The lowest BCUT2D eigenvalue weighted by atomic mass is 10.0. The summed E-state index contributed by atoms with van der Waals surface area (Å²) in [6.07, 6.45) is 1.75. The van der Waals surface area contributed by atoms with Gasteiger partial charge in [0.15, 0.2) is 0 Å². The molecule has 2 rings (SSSR count). The smallest absolute Gasteiger partial charge is 0.303 e. The van der Waals surface area contributed by atoms with Gasteiger partial charge in [0.05, 0.1) is 0 Å². The van der Waals surface area contributed by atoms with Crippen LogP contribution in [-0.2, 0) is 11.2 Å². The van der Waals surface area contributed by atoms with Gasteiger partial charge in [-0.2, -0.15) is 0 Å². The monoisotopic (exact) mass is 254 g/mol. The molecule has 2 nitrogen and oxygen atoms in total. The first-order valence-corrected chi connectivity index (χ1v) is 6.53. The molecule has 2 heteroatoms. The summed E-state index contributed by atoms with van der Waals surface area (Å²) in [5.74, 6) is -0.726. The molecule has 2 aromatic rings. The van der Waals surface area contributed by atoms with Gasteiger partial charge in [-0.25, -0.2) is 0 Å². The second-order valence-corrected chi connectivity index (χ2v) is 4.81. The Morgan fingerprint density at radius 3 is 2.42 bits per heavy atom. The van der Waals surface area contributed by atoms with Crippen LogP contribution in [0.2, 0.25) is 0 Å². The van der Waals surface area contributed by atoms with Gasteiger partial charge in [0.25, 0.3) is 0 Å². The third kappa shape index (κ3) is 3.95. The van der Waals surface area contributed by atoms with Gasteiger partial charge in [0, 0.05) is 6.42 Å². The van der Waals surface area contributed by atoms with Crippen molar-refractivity contribution in [3.8, 4) is 11.1 Å². The van der Waals surface area contributed by atoms with E-state index in [1.54, 1.807) is 0 Å². The van der Waals surface area contributed by atoms with Crippen LogP contribution in [0.5, 0.6) is 0 Å². The number of benzene rings is 2. The first-order valence-electron chi connectivity index (χ1n) is 6.53. The quantitative estimate of drug-likeness (QED) is 0.873. The zero-order chi connectivity index (χ0) is 13.7. The fraction of sp³-hybridized carbons (Fsp3) is 0.235. The molecule has 0 aliphatic heterocycles. The van der Waals surface area contributed by atoms with Crippen molar-refractivity contribution >= 4 is 5.97 Å². The maximum atomic E-state index is 10.5. The van der Waals surface area contributed by atoms with E-state index in [4.69, 9.17) is 5.11 Å². The Morgan fingerprint density at radius 1 is 1.05 bits per heavy atom. The largest absolute Gasteiger partial charge is 0.481 e. The average Bonchev–Trinajstić information content (AvgIpc) is 2.39. The van der Waals surface area contributed by atoms with Crippen LogP contribution in [0.15, 0.2) is 48.5 Å². The summed E-state index contributed by atoms with van der Waals surface area (Å²) >= 11 is 0. The third-order valence-corrected chi connectivity index (χ3v) is 3.16. The average molecular weight is 254 g/mol. The van der Waals surface area contributed by atoms with Crippen molar-refractivity contribution < 1.29 is 9.90 Å². The van der Waals surface area contributed by atoms with Gasteiger partial charge in [-0.05, 0) is 36.5 Å². The number of hydrogen-bond donors (Lipinski definition) is 1. The van der Waals surface area contributed by atoms with Crippen LogP contribution in [0, 0.1) is 6.92 Å². The van der Waals surface area contributed by atoms with Gasteiger partial charge in [-0.3, -0.25) is 4.79 Å². The van der Waals surface area contributed by atoms with Crippen LogP contribution in [0.4, 0.5) is 0 Å². The summed E-state index contributed by atoms with van der Waals surface area (Å²) in [6.45, 7) is 2.09. The first-order chi connectivity index (χ1) is 9.15. The van der Waals surface area contributed by atoms with Crippen molar-refractivity contribution in [1.29, 1.82) is 0 Å². The highest BCUT2D eigenvalue weighted by atomic mass is 16.4. The van der Waals surface area contributed by atoms with Crippen LogP contribution in [0.3, 0.4) is 0 Å². The van der Waals surface area contributed by atoms with Crippen LogP contribution in [0.25, 0.3) is 11.1 Å². The Labute approximate surface area is 113 Å². The van der Waals surface area contributed by atoms with Gasteiger partial charge in [0.1, 0.15) is 0 Å². The number of aliphatic carboxylic acids is 1. The lowest BCUT2D eigenvalue weighted by Gasteiger charge is -2.05. The van der Waals surface area contributed by atoms with Gasteiger partial charge >= 0.3 is 5.97 Å². The van der Waals surface area contributed by atoms with Crippen molar-refractivity contribution in [1.82, 2.24) is 0 Å². The van der Waals surface area contributed by atoms with Crippen molar-refractivity contribution in [2.75, 3.05) is 0 Å². The van der Waals surface area contributed by atoms with Crippen molar-refractivity contribution in [3.05, 3.63) is 59.7 Å². The molecular formula is C17H18O2. The van der Waals surface area contributed by atoms with E-state index in [1.807, 2.05) is 0 Å². The van der Waals surface area contributed by atoms with Crippen LogP contribution in [0.1, 0.15) is 24.0 Å². The Balaban J connectivity index is 2.04.